The number of hydrogen-bond donors (Lipinski definition) is 2. The molecule has 0 radical (unpaired) electrons. The molecule has 1 aliphatic rings. The van der Waals surface area contributed by atoms with Gasteiger partial charge in [-0.1, -0.05) is 13.0 Å². The summed E-state index contributed by atoms with van der Waals surface area (Å²) in [6, 6.07) is 9.48. The third kappa shape index (κ3) is 3.13. The topological polar surface area (TPSA) is 59.0 Å². The first-order chi connectivity index (χ1) is 10.2. The quantitative estimate of drug-likeness (QED) is 0.908. The number of nitrogens with one attached hydrogen (secondary N) is 2. The molecule has 21 heavy (non-hydrogen) atoms. The van der Waals surface area contributed by atoms with Gasteiger partial charge in [0.15, 0.2) is 0 Å². The Morgan fingerprint density at radius 3 is 3.10 bits per heavy atom. The summed E-state index contributed by atoms with van der Waals surface area (Å²) < 4.78 is 1.77. The summed E-state index contributed by atoms with van der Waals surface area (Å²) >= 11 is 0. The molecular formula is C16H20N4O. The lowest BCUT2D eigenvalue weighted by Crippen LogP contribution is -2.48. The van der Waals surface area contributed by atoms with Gasteiger partial charge in [-0.05, 0) is 49.6 Å². The summed E-state index contributed by atoms with van der Waals surface area (Å²) in [5.74, 6) is 0.410. The molecule has 2 atom stereocenters. The van der Waals surface area contributed by atoms with Crippen LogP contribution >= 0.6 is 0 Å². The van der Waals surface area contributed by atoms with E-state index in [0.717, 1.165) is 30.8 Å². The van der Waals surface area contributed by atoms with E-state index in [1.165, 1.54) is 0 Å². The summed E-state index contributed by atoms with van der Waals surface area (Å²) in [5, 5.41) is 10.5. The normalized spacial score (nSPS) is 22.0. The lowest BCUT2D eigenvalue weighted by molar-refractivity contribution is -0.119. The molecule has 1 saturated heterocycles. The second-order valence-electron chi connectivity index (χ2n) is 5.54. The summed E-state index contributed by atoms with van der Waals surface area (Å²) in [6.45, 7) is 3.03. The van der Waals surface area contributed by atoms with Crippen LogP contribution in [0.25, 0.3) is 5.69 Å². The fraction of sp³-hybridized carbons (Fsp3) is 0.375. The molecule has 1 fully saturated rings. The predicted octanol–water partition coefficient (Wildman–Crippen LogP) is 2.20. The van der Waals surface area contributed by atoms with E-state index in [4.69, 9.17) is 0 Å². The van der Waals surface area contributed by atoms with Crippen LogP contribution in [-0.2, 0) is 4.79 Å². The molecule has 0 spiro atoms. The predicted molar refractivity (Wildman–Crippen MR) is 82.4 cm³/mol. The third-order valence-corrected chi connectivity index (χ3v) is 3.93. The fourth-order valence-electron chi connectivity index (χ4n) is 2.77. The highest BCUT2D eigenvalue weighted by Crippen LogP contribution is 2.19. The van der Waals surface area contributed by atoms with Crippen LogP contribution < -0.4 is 10.6 Å². The lowest BCUT2D eigenvalue weighted by Gasteiger charge is -2.28. The Bertz CT molecular complexity index is 608. The van der Waals surface area contributed by atoms with Gasteiger partial charge in [0.1, 0.15) is 0 Å². The van der Waals surface area contributed by atoms with Gasteiger partial charge < -0.3 is 10.6 Å². The Morgan fingerprint density at radius 1 is 1.43 bits per heavy atom. The monoisotopic (exact) mass is 284 g/mol. The summed E-state index contributed by atoms with van der Waals surface area (Å²) in [7, 11) is 0. The van der Waals surface area contributed by atoms with E-state index in [1.54, 1.807) is 10.9 Å². The Balaban J connectivity index is 1.73. The number of aromatic nitrogens is 2. The molecule has 2 N–H and O–H groups in total. The molecule has 3 rings (SSSR count). The number of amides is 1. The molecule has 2 unspecified atom stereocenters. The first kappa shape index (κ1) is 13.8. The number of carbonyl (C=O) groups excluding carboxylic acids is 1. The van der Waals surface area contributed by atoms with Crippen molar-refractivity contribution in [1.82, 2.24) is 15.1 Å². The van der Waals surface area contributed by atoms with E-state index in [-0.39, 0.29) is 11.9 Å². The molecule has 0 bridgehead atoms. The van der Waals surface area contributed by atoms with Gasteiger partial charge in [-0.15, -0.1) is 0 Å². The molecule has 0 aliphatic carbocycles. The highest BCUT2D eigenvalue weighted by molar-refractivity contribution is 5.95. The summed E-state index contributed by atoms with van der Waals surface area (Å²) in [5.41, 5.74) is 1.73. The minimum Gasteiger partial charge on any atom is -0.325 e. The van der Waals surface area contributed by atoms with Gasteiger partial charge in [0.05, 0.1) is 11.7 Å². The van der Waals surface area contributed by atoms with Crippen molar-refractivity contribution in [3.05, 3.63) is 42.7 Å². The number of nitrogens with zero attached hydrogens (tertiary/aromatic N) is 2. The first-order valence-corrected chi connectivity index (χ1v) is 7.38. The van der Waals surface area contributed by atoms with E-state index in [9.17, 15) is 4.79 Å². The second-order valence-corrected chi connectivity index (χ2v) is 5.54. The fourth-order valence-corrected chi connectivity index (χ4v) is 2.77. The van der Waals surface area contributed by atoms with Crippen LogP contribution in [0.5, 0.6) is 0 Å². The molecule has 5 nitrogen and oxygen atoms in total. The van der Waals surface area contributed by atoms with Crippen molar-refractivity contribution in [2.45, 2.75) is 25.8 Å². The largest absolute Gasteiger partial charge is 0.325 e. The third-order valence-electron chi connectivity index (χ3n) is 3.93. The summed E-state index contributed by atoms with van der Waals surface area (Å²) in [6.07, 6.45) is 5.85. The average molecular weight is 284 g/mol. The Labute approximate surface area is 124 Å². The number of piperidine rings is 1. The van der Waals surface area contributed by atoms with Gasteiger partial charge >= 0.3 is 0 Å². The minimum atomic E-state index is -0.105. The van der Waals surface area contributed by atoms with Crippen LogP contribution in [0.4, 0.5) is 5.69 Å². The van der Waals surface area contributed by atoms with Crippen LogP contribution in [0.1, 0.15) is 19.8 Å². The molecule has 1 aromatic carbocycles. The molecule has 1 aromatic heterocycles. The molecule has 2 heterocycles. The number of carbonyl (C=O) groups is 1. The molecule has 1 aliphatic heterocycles. The molecule has 110 valence electrons. The number of anilines is 1. The number of benzene rings is 1. The van der Waals surface area contributed by atoms with Gasteiger partial charge in [0.2, 0.25) is 5.91 Å². The van der Waals surface area contributed by atoms with E-state index < -0.39 is 0 Å². The van der Waals surface area contributed by atoms with Crippen LogP contribution in [0.15, 0.2) is 42.7 Å². The molecule has 0 saturated carbocycles. The first-order valence-electron chi connectivity index (χ1n) is 7.38. The van der Waals surface area contributed by atoms with Crippen LogP contribution in [0, 0.1) is 5.92 Å². The van der Waals surface area contributed by atoms with Crippen LogP contribution in [0.3, 0.4) is 0 Å². The van der Waals surface area contributed by atoms with Crippen molar-refractivity contribution in [3.63, 3.8) is 0 Å². The minimum absolute atomic E-state index is 0.0415. The van der Waals surface area contributed by atoms with Gasteiger partial charge in [0, 0.05) is 18.1 Å². The van der Waals surface area contributed by atoms with E-state index in [0.29, 0.717) is 5.92 Å². The number of rotatable bonds is 3. The zero-order chi connectivity index (χ0) is 14.7. The maximum absolute atomic E-state index is 12.4. The van der Waals surface area contributed by atoms with Gasteiger partial charge in [-0.2, -0.15) is 5.10 Å². The van der Waals surface area contributed by atoms with Crippen molar-refractivity contribution in [2.24, 2.45) is 5.92 Å². The number of hydrogen-bond acceptors (Lipinski definition) is 3. The average Bonchev–Trinajstić information content (AvgIpc) is 3.02. The summed E-state index contributed by atoms with van der Waals surface area (Å²) in [4.78, 5) is 12.4. The van der Waals surface area contributed by atoms with E-state index in [2.05, 4.69) is 22.7 Å². The van der Waals surface area contributed by atoms with Crippen molar-refractivity contribution in [3.8, 4) is 5.69 Å². The Hall–Kier alpha value is -2.14. The van der Waals surface area contributed by atoms with Crippen molar-refractivity contribution < 1.29 is 4.79 Å². The van der Waals surface area contributed by atoms with E-state index in [1.807, 2.05) is 36.5 Å². The van der Waals surface area contributed by atoms with Crippen molar-refractivity contribution >= 4 is 11.6 Å². The van der Waals surface area contributed by atoms with Crippen molar-refractivity contribution in [2.75, 3.05) is 11.9 Å². The van der Waals surface area contributed by atoms with Crippen molar-refractivity contribution in [1.29, 1.82) is 0 Å². The standard InChI is InChI=1S/C16H20N4O/c1-12-5-3-8-17-15(12)16(21)19-13-6-2-7-14(11-13)20-10-4-9-18-20/h2,4,6-7,9-12,15,17H,3,5,8H2,1H3,(H,19,21). The maximum Gasteiger partial charge on any atom is 0.241 e. The van der Waals surface area contributed by atoms with Crippen LogP contribution in [-0.4, -0.2) is 28.3 Å². The molecule has 1 amide bonds. The zero-order valence-corrected chi connectivity index (χ0v) is 12.1. The molecule has 5 heteroatoms. The van der Waals surface area contributed by atoms with Gasteiger partial charge in [-0.25, -0.2) is 4.68 Å². The van der Waals surface area contributed by atoms with E-state index >= 15 is 0 Å². The van der Waals surface area contributed by atoms with Gasteiger partial charge in [0.25, 0.3) is 0 Å². The highest BCUT2D eigenvalue weighted by Gasteiger charge is 2.27. The van der Waals surface area contributed by atoms with Crippen LogP contribution in [0.2, 0.25) is 0 Å². The smallest absolute Gasteiger partial charge is 0.241 e. The van der Waals surface area contributed by atoms with Gasteiger partial charge in [-0.3, -0.25) is 4.79 Å². The molecule has 2 aromatic rings. The lowest BCUT2D eigenvalue weighted by atomic mass is 9.92. The highest BCUT2D eigenvalue weighted by atomic mass is 16.2. The second kappa shape index (κ2) is 6.10. The maximum atomic E-state index is 12.4. The Morgan fingerprint density at radius 2 is 2.33 bits per heavy atom. The Kier molecular flexibility index (Phi) is 4.01. The zero-order valence-electron chi connectivity index (χ0n) is 12.1. The SMILES string of the molecule is CC1CCCNC1C(=O)Nc1cccc(-n2cccn2)c1. The molecular weight excluding hydrogens is 264 g/mol.